The van der Waals surface area contributed by atoms with Crippen LogP contribution in [0.15, 0.2) is 11.2 Å². The normalized spacial score (nSPS) is 10.8. The molecule has 18 heavy (non-hydrogen) atoms. The Labute approximate surface area is 115 Å². The van der Waals surface area contributed by atoms with Crippen LogP contribution in [0, 0.1) is 5.92 Å². The van der Waals surface area contributed by atoms with Gasteiger partial charge in [-0.15, -0.1) is 0 Å². The van der Waals surface area contributed by atoms with E-state index in [0.717, 1.165) is 29.9 Å². The molecule has 0 aliphatic heterocycles. The van der Waals surface area contributed by atoms with E-state index < -0.39 is 0 Å². The fourth-order valence-corrected chi connectivity index (χ4v) is 1.91. The molecule has 4 nitrogen and oxygen atoms in total. The van der Waals surface area contributed by atoms with Crippen molar-refractivity contribution < 1.29 is 0 Å². The van der Waals surface area contributed by atoms with E-state index in [1.54, 1.807) is 11.8 Å². The van der Waals surface area contributed by atoms with Crippen molar-refractivity contribution in [2.75, 3.05) is 36.6 Å². The van der Waals surface area contributed by atoms with E-state index in [4.69, 9.17) is 0 Å². The minimum absolute atomic E-state index is 0.711. The first-order chi connectivity index (χ1) is 8.56. The van der Waals surface area contributed by atoms with Crippen molar-refractivity contribution in [1.29, 1.82) is 0 Å². The molecule has 0 radical (unpaired) electrons. The molecule has 1 heterocycles. The van der Waals surface area contributed by atoms with Crippen molar-refractivity contribution in [2.45, 2.75) is 32.3 Å². The van der Waals surface area contributed by atoms with Gasteiger partial charge in [-0.2, -0.15) is 0 Å². The molecule has 1 aromatic heterocycles. The van der Waals surface area contributed by atoms with Crippen molar-refractivity contribution >= 4 is 23.4 Å². The average Bonchev–Trinajstić information content (AvgIpc) is 2.35. The molecule has 0 fully saturated rings. The van der Waals surface area contributed by atoms with Crippen LogP contribution in [0.1, 0.15) is 27.2 Å². The molecule has 0 saturated heterocycles. The van der Waals surface area contributed by atoms with E-state index >= 15 is 0 Å². The molecule has 0 saturated carbocycles. The zero-order valence-electron chi connectivity index (χ0n) is 12.0. The molecule has 0 unspecified atom stereocenters. The average molecular weight is 268 g/mol. The highest BCUT2D eigenvalue weighted by atomic mass is 32.2. The largest absolute Gasteiger partial charge is 0.370 e. The minimum Gasteiger partial charge on any atom is -0.370 e. The van der Waals surface area contributed by atoms with Gasteiger partial charge in [0.15, 0.2) is 5.16 Å². The third-order valence-electron chi connectivity index (χ3n) is 2.67. The maximum absolute atomic E-state index is 4.55. The zero-order chi connectivity index (χ0) is 13.5. The van der Waals surface area contributed by atoms with Crippen molar-refractivity contribution in [3.05, 3.63) is 6.07 Å². The molecule has 102 valence electrons. The Morgan fingerprint density at radius 1 is 1.39 bits per heavy atom. The summed E-state index contributed by atoms with van der Waals surface area (Å²) in [5.74, 6) is 2.61. The molecule has 0 aromatic carbocycles. The minimum atomic E-state index is 0.711. The highest BCUT2D eigenvalue weighted by Crippen LogP contribution is 2.20. The maximum atomic E-state index is 4.55. The molecule has 1 N–H and O–H groups in total. The Hall–Kier alpha value is -0.970. The van der Waals surface area contributed by atoms with Crippen molar-refractivity contribution in [3.8, 4) is 0 Å². The molecular weight excluding hydrogens is 244 g/mol. The lowest BCUT2D eigenvalue weighted by atomic mass is 10.1. The van der Waals surface area contributed by atoms with Crippen LogP contribution in [-0.2, 0) is 0 Å². The summed E-state index contributed by atoms with van der Waals surface area (Å²) in [6, 6.07) is 2.02. The number of thioether (sulfide) groups is 1. The first-order valence-corrected chi connectivity index (χ1v) is 7.67. The van der Waals surface area contributed by atoms with Gasteiger partial charge in [-0.25, -0.2) is 9.97 Å². The predicted molar refractivity (Wildman–Crippen MR) is 80.7 cm³/mol. The standard InChI is InChI=1S/C13H24N4S/c1-6-14-11-9-12(16-13(15-11)18-5)17(4)8-7-10(2)3/h9-10H,6-8H2,1-5H3,(H,14,15,16). The van der Waals surface area contributed by atoms with Gasteiger partial charge in [-0.05, 0) is 25.5 Å². The van der Waals surface area contributed by atoms with Crippen LogP contribution in [0.2, 0.25) is 0 Å². The van der Waals surface area contributed by atoms with Crippen LogP contribution in [-0.4, -0.2) is 36.4 Å². The van der Waals surface area contributed by atoms with Crippen LogP contribution < -0.4 is 10.2 Å². The van der Waals surface area contributed by atoms with Crippen molar-refractivity contribution in [3.63, 3.8) is 0 Å². The fourth-order valence-electron chi connectivity index (χ4n) is 1.54. The van der Waals surface area contributed by atoms with Crippen LogP contribution >= 0.6 is 11.8 Å². The zero-order valence-corrected chi connectivity index (χ0v) is 12.8. The molecule has 0 aliphatic rings. The van der Waals surface area contributed by atoms with Gasteiger partial charge in [0, 0.05) is 26.2 Å². The van der Waals surface area contributed by atoms with Gasteiger partial charge in [-0.1, -0.05) is 25.6 Å². The van der Waals surface area contributed by atoms with E-state index in [1.165, 1.54) is 6.42 Å². The summed E-state index contributed by atoms with van der Waals surface area (Å²) in [6.07, 6.45) is 3.18. The monoisotopic (exact) mass is 268 g/mol. The second-order valence-corrected chi connectivity index (χ2v) is 5.51. The number of anilines is 2. The van der Waals surface area contributed by atoms with E-state index in [2.05, 4.69) is 48.0 Å². The number of rotatable bonds is 7. The summed E-state index contributed by atoms with van der Waals surface area (Å²) in [5.41, 5.74) is 0. The van der Waals surface area contributed by atoms with Crippen LogP contribution in [0.5, 0.6) is 0 Å². The smallest absolute Gasteiger partial charge is 0.191 e. The van der Waals surface area contributed by atoms with E-state index in [0.29, 0.717) is 5.92 Å². The molecule has 1 rings (SSSR count). The Morgan fingerprint density at radius 3 is 2.67 bits per heavy atom. The third kappa shape index (κ3) is 4.72. The van der Waals surface area contributed by atoms with E-state index in [1.807, 2.05) is 12.3 Å². The van der Waals surface area contributed by atoms with Crippen molar-refractivity contribution in [2.24, 2.45) is 5.92 Å². The van der Waals surface area contributed by atoms with Gasteiger partial charge < -0.3 is 10.2 Å². The Bertz CT molecular complexity index is 368. The number of nitrogens with zero attached hydrogens (tertiary/aromatic N) is 3. The summed E-state index contributed by atoms with van der Waals surface area (Å²) in [5, 5.41) is 4.07. The Morgan fingerprint density at radius 2 is 2.11 bits per heavy atom. The second-order valence-electron chi connectivity index (χ2n) is 4.73. The highest BCUT2D eigenvalue weighted by molar-refractivity contribution is 7.98. The van der Waals surface area contributed by atoms with Gasteiger partial charge in [0.2, 0.25) is 0 Å². The molecule has 0 aliphatic carbocycles. The number of hydrogen-bond donors (Lipinski definition) is 1. The number of hydrogen-bond acceptors (Lipinski definition) is 5. The molecule has 5 heteroatoms. The maximum Gasteiger partial charge on any atom is 0.191 e. The van der Waals surface area contributed by atoms with Gasteiger partial charge in [0.25, 0.3) is 0 Å². The highest BCUT2D eigenvalue weighted by Gasteiger charge is 2.08. The molecule has 0 spiro atoms. The van der Waals surface area contributed by atoms with E-state index in [-0.39, 0.29) is 0 Å². The van der Waals surface area contributed by atoms with Crippen molar-refractivity contribution in [1.82, 2.24) is 9.97 Å². The van der Waals surface area contributed by atoms with Gasteiger partial charge in [0.05, 0.1) is 0 Å². The van der Waals surface area contributed by atoms with Gasteiger partial charge in [-0.3, -0.25) is 0 Å². The summed E-state index contributed by atoms with van der Waals surface area (Å²) < 4.78 is 0. The first kappa shape index (κ1) is 15.1. The molecule has 0 amide bonds. The quantitative estimate of drug-likeness (QED) is 0.608. The van der Waals surface area contributed by atoms with Crippen LogP contribution in [0.3, 0.4) is 0 Å². The lowest BCUT2D eigenvalue weighted by Crippen LogP contribution is -2.21. The Kier molecular flexibility index (Phi) is 6.25. The molecule has 1 aromatic rings. The fraction of sp³-hybridized carbons (Fsp3) is 0.692. The lowest BCUT2D eigenvalue weighted by Gasteiger charge is -2.20. The molecule has 0 atom stereocenters. The number of aromatic nitrogens is 2. The van der Waals surface area contributed by atoms with E-state index in [9.17, 15) is 0 Å². The summed E-state index contributed by atoms with van der Waals surface area (Å²) in [7, 11) is 2.09. The van der Waals surface area contributed by atoms with Gasteiger partial charge in [0.1, 0.15) is 11.6 Å². The Balaban J connectivity index is 2.82. The summed E-state index contributed by atoms with van der Waals surface area (Å²) in [6.45, 7) is 8.45. The van der Waals surface area contributed by atoms with Crippen LogP contribution in [0.4, 0.5) is 11.6 Å². The second kappa shape index (κ2) is 7.46. The topological polar surface area (TPSA) is 41.0 Å². The predicted octanol–water partition coefficient (Wildman–Crippen LogP) is 3.11. The third-order valence-corrected chi connectivity index (χ3v) is 3.21. The summed E-state index contributed by atoms with van der Waals surface area (Å²) >= 11 is 1.58. The summed E-state index contributed by atoms with van der Waals surface area (Å²) in [4.78, 5) is 11.2. The number of nitrogens with one attached hydrogen (secondary N) is 1. The molecular formula is C13H24N4S. The SMILES string of the molecule is CCNc1cc(N(C)CCC(C)C)nc(SC)n1. The van der Waals surface area contributed by atoms with Crippen LogP contribution in [0.25, 0.3) is 0 Å². The lowest BCUT2D eigenvalue weighted by molar-refractivity contribution is 0.583. The van der Waals surface area contributed by atoms with Gasteiger partial charge >= 0.3 is 0 Å². The molecule has 0 bridgehead atoms. The first-order valence-electron chi connectivity index (χ1n) is 6.44.